The van der Waals surface area contributed by atoms with Gasteiger partial charge in [-0.15, -0.1) is 0 Å². The molecule has 0 spiro atoms. The summed E-state index contributed by atoms with van der Waals surface area (Å²) in [5, 5.41) is 3.10. The molecule has 0 amide bonds. The van der Waals surface area contributed by atoms with E-state index in [4.69, 9.17) is 0 Å². The summed E-state index contributed by atoms with van der Waals surface area (Å²) in [4.78, 5) is 0.371. The maximum absolute atomic E-state index is 12.5. The van der Waals surface area contributed by atoms with E-state index in [1.165, 1.54) is 0 Å². The van der Waals surface area contributed by atoms with Crippen molar-refractivity contribution in [1.29, 1.82) is 0 Å². The van der Waals surface area contributed by atoms with E-state index in [1.54, 1.807) is 12.3 Å². The molecule has 2 N–H and O–H groups in total. The summed E-state index contributed by atoms with van der Waals surface area (Å²) in [5.41, 5.74) is 0.605. The number of nitrogens with zero attached hydrogens (tertiary/aromatic N) is 1. The third-order valence-electron chi connectivity index (χ3n) is 3.81. The van der Waals surface area contributed by atoms with Crippen molar-refractivity contribution in [3.63, 3.8) is 0 Å². The van der Waals surface area contributed by atoms with Gasteiger partial charge < -0.3 is 9.88 Å². The van der Waals surface area contributed by atoms with Crippen molar-refractivity contribution in [2.45, 2.75) is 63.1 Å². The average molecular weight is 299 g/mol. The van der Waals surface area contributed by atoms with Gasteiger partial charge in [0.1, 0.15) is 0 Å². The smallest absolute Gasteiger partial charge is 0.242 e. The number of hydrogen-bond acceptors (Lipinski definition) is 3. The topological polar surface area (TPSA) is 63.1 Å². The van der Waals surface area contributed by atoms with E-state index >= 15 is 0 Å². The van der Waals surface area contributed by atoms with E-state index in [1.807, 2.05) is 27.8 Å². The third-order valence-corrected chi connectivity index (χ3v) is 5.48. The van der Waals surface area contributed by atoms with Gasteiger partial charge in [-0.1, -0.05) is 6.92 Å². The summed E-state index contributed by atoms with van der Waals surface area (Å²) >= 11 is 0. The van der Waals surface area contributed by atoms with Gasteiger partial charge >= 0.3 is 0 Å². The quantitative estimate of drug-likeness (QED) is 0.809. The van der Waals surface area contributed by atoms with Gasteiger partial charge in [-0.3, -0.25) is 0 Å². The number of nitrogens with one attached hydrogen (secondary N) is 2. The highest BCUT2D eigenvalue weighted by Crippen LogP contribution is 2.37. The fourth-order valence-electron chi connectivity index (χ4n) is 2.15. The van der Waals surface area contributed by atoms with Crippen molar-refractivity contribution in [1.82, 2.24) is 14.6 Å². The highest BCUT2D eigenvalue weighted by molar-refractivity contribution is 7.89. The lowest BCUT2D eigenvalue weighted by Crippen LogP contribution is -2.42. The van der Waals surface area contributed by atoms with Crippen LogP contribution in [0.3, 0.4) is 0 Å². The number of hydrogen-bond donors (Lipinski definition) is 2. The lowest BCUT2D eigenvalue weighted by atomic mass is 10.0. The zero-order valence-corrected chi connectivity index (χ0v) is 13.5. The Morgan fingerprint density at radius 2 is 2.05 bits per heavy atom. The van der Waals surface area contributed by atoms with Crippen molar-refractivity contribution in [2.24, 2.45) is 0 Å². The molecule has 0 atom stereocenters. The third kappa shape index (κ3) is 3.42. The Morgan fingerprint density at radius 1 is 1.40 bits per heavy atom. The van der Waals surface area contributed by atoms with Crippen LogP contribution < -0.4 is 10.0 Å². The molecule has 1 saturated carbocycles. The van der Waals surface area contributed by atoms with Gasteiger partial charge in [-0.25, -0.2) is 13.1 Å². The molecule has 0 radical (unpaired) electrons. The van der Waals surface area contributed by atoms with Crippen LogP contribution in [0.4, 0.5) is 0 Å². The van der Waals surface area contributed by atoms with Crippen LogP contribution in [0.1, 0.15) is 51.8 Å². The second-order valence-electron chi connectivity index (χ2n) is 6.18. The van der Waals surface area contributed by atoms with Crippen LogP contribution in [-0.2, 0) is 16.6 Å². The van der Waals surface area contributed by atoms with Gasteiger partial charge in [0.05, 0.1) is 4.90 Å². The number of aromatic nitrogens is 1. The predicted octanol–water partition coefficient (Wildman–Crippen LogP) is 2.01. The fraction of sp³-hybridized carbons (Fsp3) is 0.714. The molecule has 0 aromatic carbocycles. The van der Waals surface area contributed by atoms with Gasteiger partial charge in [-0.2, -0.15) is 0 Å². The lowest BCUT2D eigenvalue weighted by molar-refractivity contribution is 0.439. The van der Waals surface area contributed by atoms with Crippen LogP contribution in [0, 0.1) is 0 Å². The maximum atomic E-state index is 12.5. The van der Waals surface area contributed by atoms with Crippen molar-refractivity contribution in [2.75, 3.05) is 7.05 Å². The molecule has 1 aliphatic carbocycles. The van der Waals surface area contributed by atoms with Crippen LogP contribution in [0.25, 0.3) is 0 Å². The van der Waals surface area contributed by atoms with E-state index in [9.17, 15) is 8.42 Å². The van der Waals surface area contributed by atoms with E-state index in [2.05, 4.69) is 14.6 Å². The lowest BCUT2D eigenvalue weighted by Gasteiger charge is -2.23. The van der Waals surface area contributed by atoms with Gasteiger partial charge in [0.15, 0.2) is 0 Å². The highest BCUT2D eigenvalue weighted by Gasteiger charge is 2.30. The molecule has 20 heavy (non-hydrogen) atoms. The molecule has 114 valence electrons. The van der Waals surface area contributed by atoms with Gasteiger partial charge in [0, 0.05) is 30.0 Å². The molecule has 0 unspecified atom stereocenters. The minimum atomic E-state index is -3.45. The van der Waals surface area contributed by atoms with Crippen molar-refractivity contribution >= 4 is 10.0 Å². The molecule has 6 heteroatoms. The first-order chi connectivity index (χ1) is 9.29. The Bertz CT molecular complexity index is 571. The Kier molecular flexibility index (Phi) is 4.27. The van der Waals surface area contributed by atoms with E-state index in [0.29, 0.717) is 17.5 Å². The SMILES string of the molecule is CCC(C)(C)NS(=O)(=O)c1cc(CNC)n(C2CC2)c1. The molecule has 5 nitrogen and oxygen atoms in total. The highest BCUT2D eigenvalue weighted by atomic mass is 32.2. The zero-order chi connectivity index (χ0) is 15.0. The molecular formula is C14H25N3O2S. The molecule has 1 fully saturated rings. The van der Waals surface area contributed by atoms with Crippen LogP contribution in [-0.4, -0.2) is 25.6 Å². The van der Waals surface area contributed by atoms with Crippen LogP contribution in [0.15, 0.2) is 17.2 Å². The summed E-state index contributed by atoms with van der Waals surface area (Å²) in [6.45, 7) is 6.46. The van der Waals surface area contributed by atoms with Gasteiger partial charge in [0.25, 0.3) is 0 Å². The normalized spacial score (nSPS) is 16.6. The summed E-state index contributed by atoms with van der Waals surface area (Å²) < 4.78 is 29.8. The van der Waals surface area contributed by atoms with Crippen molar-refractivity contribution in [3.8, 4) is 0 Å². The van der Waals surface area contributed by atoms with Gasteiger partial charge in [0.2, 0.25) is 10.0 Å². The Hall–Kier alpha value is -0.850. The largest absolute Gasteiger partial charge is 0.346 e. The first-order valence-corrected chi connectivity index (χ1v) is 8.67. The van der Waals surface area contributed by atoms with Crippen LogP contribution >= 0.6 is 0 Å². The maximum Gasteiger partial charge on any atom is 0.242 e. The van der Waals surface area contributed by atoms with E-state index < -0.39 is 15.6 Å². The monoisotopic (exact) mass is 299 g/mol. The molecule has 1 aromatic rings. The van der Waals surface area contributed by atoms with Crippen LogP contribution in [0.5, 0.6) is 0 Å². The first kappa shape index (κ1) is 15.5. The fourth-order valence-corrected chi connectivity index (χ4v) is 3.69. The standard InChI is InChI=1S/C14H25N3O2S/c1-5-14(2,3)16-20(18,19)13-8-12(9-15-4)17(10-13)11-6-7-11/h8,10-11,15-16H,5-7,9H2,1-4H3. The average Bonchev–Trinajstić information content (AvgIpc) is 3.10. The second-order valence-corrected chi connectivity index (χ2v) is 7.86. The molecule has 0 saturated heterocycles. The summed E-state index contributed by atoms with van der Waals surface area (Å²) in [7, 11) is -1.58. The predicted molar refractivity (Wildman–Crippen MR) is 80.2 cm³/mol. The van der Waals surface area contributed by atoms with Crippen molar-refractivity contribution in [3.05, 3.63) is 18.0 Å². The second kappa shape index (κ2) is 5.50. The Labute approximate surface area is 121 Å². The van der Waals surface area contributed by atoms with E-state index in [0.717, 1.165) is 25.0 Å². The minimum absolute atomic E-state index is 0.371. The van der Waals surface area contributed by atoms with Crippen molar-refractivity contribution < 1.29 is 8.42 Å². The number of sulfonamides is 1. The zero-order valence-electron chi connectivity index (χ0n) is 12.7. The summed E-state index contributed by atoms with van der Waals surface area (Å²) in [5.74, 6) is 0. The Balaban J connectivity index is 2.30. The molecule has 1 aromatic heterocycles. The first-order valence-electron chi connectivity index (χ1n) is 7.18. The summed E-state index contributed by atoms with van der Waals surface area (Å²) in [6.07, 6.45) is 4.80. The summed E-state index contributed by atoms with van der Waals surface area (Å²) in [6, 6.07) is 2.25. The van der Waals surface area contributed by atoms with Crippen LogP contribution in [0.2, 0.25) is 0 Å². The van der Waals surface area contributed by atoms with Gasteiger partial charge in [-0.05, 0) is 46.2 Å². The number of rotatable bonds is 7. The molecule has 1 heterocycles. The molecule has 2 rings (SSSR count). The minimum Gasteiger partial charge on any atom is -0.346 e. The molecular weight excluding hydrogens is 274 g/mol. The molecule has 1 aliphatic rings. The Morgan fingerprint density at radius 3 is 2.55 bits per heavy atom. The molecule has 0 aliphatic heterocycles. The van der Waals surface area contributed by atoms with E-state index in [-0.39, 0.29) is 0 Å². The molecule has 0 bridgehead atoms.